The molecular weight excluding hydrogens is 336 g/mol. The number of nitrogens with one attached hydrogen (secondary N) is 1. The minimum absolute atomic E-state index is 0.356. The zero-order valence-electron chi connectivity index (χ0n) is 11.5. The van der Waals surface area contributed by atoms with Crippen LogP contribution in [0.3, 0.4) is 0 Å². The van der Waals surface area contributed by atoms with E-state index in [0.717, 1.165) is 5.56 Å². The number of methoxy groups -OCH3 is 1. The van der Waals surface area contributed by atoms with E-state index < -0.39 is 11.5 Å². The lowest BCUT2D eigenvalue weighted by Gasteiger charge is -2.24. The average molecular weight is 349 g/mol. The highest BCUT2D eigenvalue weighted by atomic mass is 79.9. The van der Waals surface area contributed by atoms with Gasteiger partial charge < -0.3 is 15.2 Å². The monoisotopic (exact) mass is 348 g/mol. The number of aliphatic hydroxyl groups is 1. The molecule has 108 valence electrons. The molecule has 0 saturated heterocycles. The van der Waals surface area contributed by atoms with Crippen molar-refractivity contribution in [1.82, 2.24) is 4.98 Å². The second-order valence-corrected chi connectivity index (χ2v) is 5.83. The zero-order chi connectivity index (χ0) is 15.2. The van der Waals surface area contributed by atoms with E-state index in [-0.39, 0.29) is 0 Å². The molecule has 3 rings (SSSR count). The number of benzene rings is 1. The largest absolute Gasteiger partial charge is 0.496 e. The Bertz CT molecular complexity index is 748. The third-order valence-corrected chi connectivity index (χ3v) is 3.98. The van der Waals surface area contributed by atoms with Gasteiger partial charge in [0.2, 0.25) is 5.60 Å². The van der Waals surface area contributed by atoms with Gasteiger partial charge in [0, 0.05) is 21.8 Å². The molecule has 2 aromatic rings. The Morgan fingerprint density at radius 3 is 2.81 bits per heavy atom. The van der Waals surface area contributed by atoms with Crippen LogP contribution in [0.1, 0.15) is 16.7 Å². The SMILES string of the molecule is COc1ccc(C)cc1C1(O)C(=O)Nc2ncc(Br)cc21. The molecule has 2 N–H and O–H groups in total. The topological polar surface area (TPSA) is 71.5 Å². The second kappa shape index (κ2) is 4.82. The van der Waals surface area contributed by atoms with E-state index in [2.05, 4.69) is 26.2 Å². The predicted octanol–water partition coefficient (Wildman–Crippen LogP) is 2.35. The van der Waals surface area contributed by atoms with Crippen molar-refractivity contribution >= 4 is 27.7 Å². The fourth-order valence-electron chi connectivity index (χ4n) is 2.51. The Hall–Kier alpha value is -1.92. The summed E-state index contributed by atoms with van der Waals surface area (Å²) in [6.45, 7) is 1.89. The molecule has 1 aliphatic rings. The number of hydrogen-bond acceptors (Lipinski definition) is 4. The molecule has 1 aromatic heterocycles. The van der Waals surface area contributed by atoms with Gasteiger partial charge in [0.15, 0.2) is 0 Å². The van der Waals surface area contributed by atoms with Crippen LogP contribution in [0, 0.1) is 6.92 Å². The van der Waals surface area contributed by atoms with Crippen LogP contribution in [0.5, 0.6) is 5.75 Å². The molecule has 1 aliphatic heterocycles. The summed E-state index contributed by atoms with van der Waals surface area (Å²) >= 11 is 3.32. The van der Waals surface area contributed by atoms with E-state index in [4.69, 9.17) is 4.74 Å². The number of anilines is 1. The number of carbonyl (C=O) groups is 1. The first kappa shape index (κ1) is 14.0. The maximum atomic E-state index is 12.4. The smallest absolute Gasteiger partial charge is 0.267 e. The van der Waals surface area contributed by atoms with Crippen molar-refractivity contribution in [1.29, 1.82) is 0 Å². The molecule has 1 atom stereocenters. The van der Waals surface area contributed by atoms with Crippen molar-refractivity contribution in [3.8, 4) is 5.75 Å². The molecule has 0 aliphatic carbocycles. The maximum Gasteiger partial charge on any atom is 0.267 e. The highest BCUT2D eigenvalue weighted by Gasteiger charge is 2.49. The molecule has 0 spiro atoms. The van der Waals surface area contributed by atoms with Gasteiger partial charge in [-0.05, 0) is 41.1 Å². The first-order chi connectivity index (χ1) is 9.96. The summed E-state index contributed by atoms with van der Waals surface area (Å²) in [4.78, 5) is 16.5. The van der Waals surface area contributed by atoms with Crippen molar-refractivity contribution in [2.75, 3.05) is 12.4 Å². The summed E-state index contributed by atoms with van der Waals surface area (Å²) in [5.41, 5.74) is -0.0842. The number of fused-ring (bicyclic) bond motifs is 1. The van der Waals surface area contributed by atoms with Gasteiger partial charge in [-0.15, -0.1) is 0 Å². The summed E-state index contributed by atoms with van der Waals surface area (Å²) in [6.07, 6.45) is 1.57. The normalized spacial score (nSPS) is 20.1. The van der Waals surface area contributed by atoms with Gasteiger partial charge in [0.1, 0.15) is 11.6 Å². The highest BCUT2D eigenvalue weighted by molar-refractivity contribution is 9.10. The number of hydrogen-bond donors (Lipinski definition) is 2. The molecule has 6 heteroatoms. The van der Waals surface area contributed by atoms with Gasteiger partial charge in [-0.2, -0.15) is 0 Å². The molecule has 1 unspecified atom stereocenters. The number of ether oxygens (including phenoxy) is 1. The number of pyridine rings is 1. The minimum atomic E-state index is -1.82. The summed E-state index contributed by atoms with van der Waals surface area (Å²) in [5, 5.41) is 13.7. The molecule has 1 aromatic carbocycles. The van der Waals surface area contributed by atoms with Crippen molar-refractivity contribution in [2.24, 2.45) is 0 Å². The van der Waals surface area contributed by atoms with E-state index in [1.807, 2.05) is 13.0 Å². The van der Waals surface area contributed by atoms with Crippen molar-refractivity contribution in [2.45, 2.75) is 12.5 Å². The van der Waals surface area contributed by atoms with Crippen LogP contribution in [-0.2, 0) is 10.4 Å². The van der Waals surface area contributed by atoms with Crippen LogP contribution in [0.25, 0.3) is 0 Å². The molecule has 0 saturated carbocycles. The molecule has 2 heterocycles. The minimum Gasteiger partial charge on any atom is -0.496 e. The average Bonchev–Trinajstić information content (AvgIpc) is 2.72. The van der Waals surface area contributed by atoms with E-state index in [1.165, 1.54) is 7.11 Å². The highest BCUT2D eigenvalue weighted by Crippen LogP contribution is 2.44. The summed E-state index contributed by atoms with van der Waals surface area (Å²) in [6, 6.07) is 7.02. The van der Waals surface area contributed by atoms with Crippen LogP contribution < -0.4 is 10.1 Å². The molecular formula is C15H13BrN2O3. The van der Waals surface area contributed by atoms with E-state index in [0.29, 0.717) is 27.2 Å². The lowest BCUT2D eigenvalue weighted by molar-refractivity contribution is -0.129. The van der Waals surface area contributed by atoms with E-state index >= 15 is 0 Å². The van der Waals surface area contributed by atoms with Crippen molar-refractivity contribution in [3.63, 3.8) is 0 Å². The molecule has 5 nitrogen and oxygen atoms in total. The third-order valence-electron chi connectivity index (χ3n) is 3.55. The van der Waals surface area contributed by atoms with Crippen LogP contribution in [0.4, 0.5) is 5.82 Å². The molecule has 0 radical (unpaired) electrons. The molecule has 0 fully saturated rings. The quantitative estimate of drug-likeness (QED) is 0.873. The van der Waals surface area contributed by atoms with Crippen LogP contribution in [0.15, 0.2) is 34.9 Å². The maximum absolute atomic E-state index is 12.4. The second-order valence-electron chi connectivity index (χ2n) is 4.92. The summed E-state index contributed by atoms with van der Waals surface area (Å²) in [5.74, 6) is 0.271. The van der Waals surface area contributed by atoms with Crippen LogP contribution in [-0.4, -0.2) is 23.1 Å². The predicted molar refractivity (Wildman–Crippen MR) is 81.3 cm³/mol. The Morgan fingerprint density at radius 2 is 2.10 bits per heavy atom. The number of nitrogens with zero attached hydrogens (tertiary/aromatic N) is 1. The summed E-state index contributed by atoms with van der Waals surface area (Å²) < 4.78 is 5.98. The van der Waals surface area contributed by atoms with Crippen molar-refractivity contribution < 1.29 is 14.6 Å². The number of aryl methyl sites for hydroxylation is 1. The number of aromatic nitrogens is 1. The van der Waals surface area contributed by atoms with Gasteiger partial charge in [0.25, 0.3) is 5.91 Å². The van der Waals surface area contributed by atoms with Gasteiger partial charge in [-0.25, -0.2) is 4.98 Å². The fraction of sp³-hybridized carbons (Fsp3) is 0.200. The van der Waals surface area contributed by atoms with E-state index in [1.54, 1.807) is 24.4 Å². The van der Waals surface area contributed by atoms with Crippen LogP contribution >= 0.6 is 15.9 Å². The summed E-state index contributed by atoms with van der Waals surface area (Å²) in [7, 11) is 1.50. The first-order valence-corrected chi connectivity index (χ1v) is 7.11. The number of halogens is 1. The van der Waals surface area contributed by atoms with Gasteiger partial charge in [-0.3, -0.25) is 4.79 Å². The Kier molecular flexibility index (Phi) is 3.22. The lowest BCUT2D eigenvalue weighted by Crippen LogP contribution is -2.35. The van der Waals surface area contributed by atoms with Gasteiger partial charge in [-0.1, -0.05) is 11.6 Å². The zero-order valence-corrected chi connectivity index (χ0v) is 13.1. The molecule has 0 bridgehead atoms. The third kappa shape index (κ3) is 2.02. The Morgan fingerprint density at radius 1 is 1.33 bits per heavy atom. The number of amides is 1. The lowest BCUT2D eigenvalue weighted by atomic mass is 9.87. The van der Waals surface area contributed by atoms with Gasteiger partial charge in [0.05, 0.1) is 7.11 Å². The number of carbonyl (C=O) groups excluding carboxylic acids is 1. The Labute approximate surface area is 130 Å². The first-order valence-electron chi connectivity index (χ1n) is 6.31. The molecule has 1 amide bonds. The standard InChI is InChI=1S/C15H13BrN2O3/c1-8-3-4-12(21-2)10(5-8)15(20)11-6-9(16)7-17-13(11)18-14(15)19/h3-7,20H,1-2H3,(H,17,18,19). The van der Waals surface area contributed by atoms with E-state index in [9.17, 15) is 9.90 Å². The van der Waals surface area contributed by atoms with Crippen LogP contribution in [0.2, 0.25) is 0 Å². The van der Waals surface area contributed by atoms with Gasteiger partial charge >= 0.3 is 0 Å². The Balaban J connectivity index is 2.29. The van der Waals surface area contributed by atoms with Crippen molar-refractivity contribution in [3.05, 3.63) is 51.6 Å². The number of rotatable bonds is 2. The fourth-order valence-corrected chi connectivity index (χ4v) is 2.84. The molecule has 21 heavy (non-hydrogen) atoms.